The molecule has 1 N–H and O–H groups in total. The molecule has 0 saturated carbocycles. The standard InChI is InChI=1S/C10H11NO4.CH2O/c1-10(14-4-5-15-10)7-2-3-11-8(6-7)9(12)13;1-2/h2-3,6H,4-5H2,1H3,(H,12,13);1H2. The summed E-state index contributed by atoms with van der Waals surface area (Å²) < 4.78 is 10.8. The largest absolute Gasteiger partial charge is 0.477 e. The molecule has 0 aromatic carbocycles. The van der Waals surface area contributed by atoms with Gasteiger partial charge in [-0.2, -0.15) is 0 Å². The van der Waals surface area contributed by atoms with Crippen LogP contribution in [0.2, 0.25) is 0 Å². The predicted molar refractivity (Wildman–Crippen MR) is 57.6 cm³/mol. The van der Waals surface area contributed by atoms with Gasteiger partial charge in [0.25, 0.3) is 0 Å². The lowest BCUT2D eigenvalue weighted by Gasteiger charge is -2.22. The number of pyridine rings is 1. The summed E-state index contributed by atoms with van der Waals surface area (Å²) in [5, 5.41) is 8.79. The summed E-state index contributed by atoms with van der Waals surface area (Å²) in [7, 11) is 0. The van der Waals surface area contributed by atoms with Gasteiger partial charge >= 0.3 is 5.97 Å². The van der Waals surface area contributed by atoms with Crippen molar-refractivity contribution in [3.63, 3.8) is 0 Å². The number of aromatic nitrogens is 1. The van der Waals surface area contributed by atoms with Gasteiger partial charge in [0.15, 0.2) is 5.79 Å². The molecular weight excluding hydrogens is 226 g/mol. The van der Waals surface area contributed by atoms with Gasteiger partial charge in [0.05, 0.1) is 13.2 Å². The quantitative estimate of drug-likeness (QED) is 0.822. The third kappa shape index (κ3) is 2.86. The minimum Gasteiger partial charge on any atom is -0.477 e. The second-order valence-corrected chi connectivity index (χ2v) is 3.38. The van der Waals surface area contributed by atoms with Crippen LogP contribution in [0.4, 0.5) is 0 Å². The van der Waals surface area contributed by atoms with Crippen molar-refractivity contribution in [3.05, 3.63) is 29.6 Å². The number of carbonyl (C=O) groups is 2. The number of hydrogen-bond donors (Lipinski definition) is 1. The lowest BCUT2D eigenvalue weighted by atomic mass is 10.1. The predicted octanol–water partition coefficient (Wildman–Crippen LogP) is 0.814. The van der Waals surface area contributed by atoms with Crippen LogP contribution in [0.25, 0.3) is 0 Å². The van der Waals surface area contributed by atoms with Crippen molar-refractivity contribution in [1.82, 2.24) is 4.98 Å². The van der Waals surface area contributed by atoms with Gasteiger partial charge in [0, 0.05) is 11.8 Å². The number of carboxylic acids is 1. The van der Waals surface area contributed by atoms with Crippen LogP contribution in [0, 0.1) is 0 Å². The van der Waals surface area contributed by atoms with E-state index in [1.54, 1.807) is 13.0 Å². The highest BCUT2D eigenvalue weighted by Gasteiger charge is 2.33. The Labute approximate surface area is 98.2 Å². The normalized spacial score (nSPS) is 17.0. The second-order valence-electron chi connectivity index (χ2n) is 3.38. The first-order valence-electron chi connectivity index (χ1n) is 4.88. The highest BCUT2D eigenvalue weighted by Crippen LogP contribution is 2.30. The van der Waals surface area contributed by atoms with E-state index < -0.39 is 11.8 Å². The summed E-state index contributed by atoms with van der Waals surface area (Å²) in [5.41, 5.74) is 0.667. The van der Waals surface area contributed by atoms with E-state index in [1.165, 1.54) is 12.3 Å². The van der Waals surface area contributed by atoms with E-state index in [-0.39, 0.29) is 5.69 Å². The molecule has 2 rings (SSSR count). The molecular formula is C11H13NO5. The summed E-state index contributed by atoms with van der Waals surface area (Å²) in [6.45, 7) is 4.80. The number of nitrogens with zero attached hydrogens (tertiary/aromatic N) is 1. The molecule has 0 atom stereocenters. The molecule has 17 heavy (non-hydrogen) atoms. The average Bonchev–Trinajstić information content (AvgIpc) is 2.80. The van der Waals surface area contributed by atoms with Gasteiger partial charge in [-0.05, 0) is 19.1 Å². The Morgan fingerprint density at radius 1 is 1.47 bits per heavy atom. The molecule has 1 aromatic rings. The smallest absolute Gasteiger partial charge is 0.354 e. The van der Waals surface area contributed by atoms with E-state index in [0.29, 0.717) is 18.8 Å². The molecule has 0 aliphatic carbocycles. The highest BCUT2D eigenvalue weighted by molar-refractivity contribution is 5.85. The third-order valence-corrected chi connectivity index (χ3v) is 2.34. The van der Waals surface area contributed by atoms with Crippen LogP contribution >= 0.6 is 0 Å². The molecule has 1 saturated heterocycles. The first-order chi connectivity index (χ1) is 8.12. The topological polar surface area (TPSA) is 85.7 Å². The lowest BCUT2D eigenvalue weighted by molar-refractivity contribution is -0.149. The van der Waals surface area contributed by atoms with E-state index >= 15 is 0 Å². The molecule has 1 fully saturated rings. The Morgan fingerprint density at radius 2 is 2.06 bits per heavy atom. The van der Waals surface area contributed by atoms with Gasteiger partial charge in [0.2, 0.25) is 0 Å². The van der Waals surface area contributed by atoms with Crippen LogP contribution in [-0.4, -0.2) is 36.1 Å². The molecule has 92 valence electrons. The van der Waals surface area contributed by atoms with Crippen molar-refractivity contribution in [2.75, 3.05) is 13.2 Å². The Balaban J connectivity index is 0.000000686. The summed E-state index contributed by atoms with van der Waals surface area (Å²) in [6.07, 6.45) is 1.44. The Morgan fingerprint density at radius 3 is 2.59 bits per heavy atom. The van der Waals surface area contributed by atoms with Crippen LogP contribution in [-0.2, 0) is 20.1 Å². The van der Waals surface area contributed by atoms with Crippen molar-refractivity contribution < 1.29 is 24.2 Å². The zero-order valence-electron chi connectivity index (χ0n) is 9.38. The molecule has 6 heteroatoms. The fourth-order valence-electron chi connectivity index (χ4n) is 1.51. The van der Waals surface area contributed by atoms with Crippen LogP contribution in [0.15, 0.2) is 18.3 Å². The summed E-state index contributed by atoms with van der Waals surface area (Å²) in [6, 6.07) is 3.16. The van der Waals surface area contributed by atoms with E-state index in [9.17, 15) is 4.79 Å². The van der Waals surface area contributed by atoms with E-state index in [2.05, 4.69) is 4.98 Å². The number of ether oxygens (including phenoxy) is 2. The van der Waals surface area contributed by atoms with E-state index in [0.717, 1.165) is 0 Å². The van der Waals surface area contributed by atoms with Crippen molar-refractivity contribution in [2.24, 2.45) is 0 Å². The van der Waals surface area contributed by atoms with Gasteiger partial charge in [-0.3, -0.25) is 0 Å². The molecule has 0 bridgehead atoms. The minimum atomic E-state index is -1.06. The molecule has 0 unspecified atom stereocenters. The Hall–Kier alpha value is -1.79. The Bertz CT molecular complexity index is 401. The second kappa shape index (κ2) is 5.51. The van der Waals surface area contributed by atoms with Gasteiger partial charge < -0.3 is 19.4 Å². The molecule has 0 spiro atoms. The molecule has 1 aromatic heterocycles. The summed E-state index contributed by atoms with van der Waals surface area (Å²) in [4.78, 5) is 22.5. The zero-order chi connectivity index (χ0) is 12.9. The van der Waals surface area contributed by atoms with Crippen molar-refractivity contribution in [3.8, 4) is 0 Å². The molecule has 1 aliphatic rings. The van der Waals surface area contributed by atoms with Crippen LogP contribution in [0.5, 0.6) is 0 Å². The molecule has 0 amide bonds. The van der Waals surface area contributed by atoms with Gasteiger partial charge in [0.1, 0.15) is 12.5 Å². The number of rotatable bonds is 2. The van der Waals surface area contributed by atoms with Crippen LogP contribution < -0.4 is 0 Å². The SMILES string of the molecule is C=O.CC1(c2ccnc(C(=O)O)c2)OCCO1. The van der Waals surface area contributed by atoms with Crippen molar-refractivity contribution >= 4 is 12.8 Å². The summed E-state index contributed by atoms with van der Waals surface area (Å²) in [5.74, 6) is -1.90. The van der Waals surface area contributed by atoms with Gasteiger partial charge in [-0.25, -0.2) is 9.78 Å². The number of carboxylic acid groups (broad SMARTS) is 1. The van der Waals surface area contributed by atoms with Gasteiger partial charge in [-0.1, -0.05) is 0 Å². The maximum absolute atomic E-state index is 10.7. The first kappa shape index (κ1) is 13.3. The van der Waals surface area contributed by atoms with Crippen LogP contribution in [0.3, 0.4) is 0 Å². The van der Waals surface area contributed by atoms with E-state index in [4.69, 9.17) is 19.4 Å². The molecule has 0 radical (unpaired) electrons. The maximum Gasteiger partial charge on any atom is 0.354 e. The first-order valence-corrected chi connectivity index (χ1v) is 4.88. The molecule has 6 nitrogen and oxygen atoms in total. The zero-order valence-corrected chi connectivity index (χ0v) is 9.38. The number of carbonyl (C=O) groups excluding carboxylic acids is 1. The monoisotopic (exact) mass is 239 g/mol. The average molecular weight is 239 g/mol. The molecule has 2 heterocycles. The van der Waals surface area contributed by atoms with Crippen molar-refractivity contribution in [2.45, 2.75) is 12.7 Å². The minimum absolute atomic E-state index is 0.00664. The third-order valence-electron chi connectivity index (χ3n) is 2.34. The highest BCUT2D eigenvalue weighted by atomic mass is 16.7. The Kier molecular flexibility index (Phi) is 4.30. The summed E-state index contributed by atoms with van der Waals surface area (Å²) >= 11 is 0. The fourth-order valence-corrected chi connectivity index (χ4v) is 1.51. The molecule has 1 aliphatic heterocycles. The van der Waals surface area contributed by atoms with Crippen LogP contribution in [0.1, 0.15) is 23.0 Å². The lowest BCUT2D eigenvalue weighted by Crippen LogP contribution is -2.23. The van der Waals surface area contributed by atoms with E-state index in [1.807, 2.05) is 6.79 Å². The van der Waals surface area contributed by atoms with Crippen molar-refractivity contribution in [1.29, 1.82) is 0 Å². The fraction of sp³-hybridized carbons (Fsp3) is 0.364. The van der Waals surface area contributed by atoms with Gasteiger partial charge in [-0.15, -0.1) is 0 Å². The number of hydrogen-bond acceptors (Lipinski definition) is 5. The number of aromatic carboxylic acids is 1. The maximum atomic E-state index is 10.7.